The molecular formula is C15H13F3O2. The molecule has 2 aromatic rings. The van der Waals surface area contributed by atoms with E-state index in [-0.39, 0.29) is 11.5 Å². The summed E-state index contributed by atoms with van der Waals surface area (Å²) in [5, 5.41) is 9.60. The van der Waals surface area contributed by atoms with Gasteiger partial charge in [-0.3, -0.25) is 0 Å². The summed E-state index contributed by atoms with van der Waals surface area (Å²) in [6.45, 7) is 3.59. The smallest absolute Gasteiger partial charge is 0.508 e. The molecule has 0 unspecified atom stereocenters. The number of halogens is 3. The van der Waals surface area contributed by atoms with Crippen molar-refractivity contribution in [1.29, 1.82) is 0 Å². The predicted octanol–water partition coefficient (Wildman–Crippen LogP) is 4.57. The van der Waals surface area contributed by atoms with Gasteiger partial charge >= 0.3 is 6.36 Å². The highest BCUT2D eigenvalue weighted by atomic mass is 19.4. The standard InChI is InChI=1S/C15H13F3O2/c1-9-8-14(19)10(2)7-13(9)11-3-5-12(6-4-11)20-15(16,17)18/h3-8,19H,1-2H3. The molecule has 0 aromatic heterocycles. The first kappa shape index (κ1) is 14.2. The minimum absolute atomic E-state index is 0.197. The van der Waals surface area contributed by atoms with Gasteiger partial charge in [0.2, 0.25) is 0 Å². The summed E-state index contributed by atoms with van der Waals surface area (Å²) >= 11 is 0. The number of benzene rings is 2. The minimum Gasteiger partial charge on any atom is -0.508 e. The van der Waals surface area contributed by atoms with E-state index in [1.807, 2.05) is 6.92 Å². The zero-order chi connectivity index (χ0) is 14.9. The van der Waals surface area contributed by atoms with Crippen LogP contribution < -0.4 is 4.74 Å². The van der Waals surface area contributed by atoms with Crippen LogP contribution in [0.25, 0.3) is 11.1 Å². The number of phenolic OH excluding ortho intramolecular Hbond substituents is 1. The van der Waals surface area contributed by atoms with Gasteiger partial charge in [-0.2, -0.15) is 0 Å². The first-order valence-electron chi connectivity index (χ1n) is 5.92. The van der Waals surface area contributed by atoms with Crippen molar-refractivity contribution in [2.24, 2.45) is 0 Å². The molecule has 106 valence electrons. The molecule has 2 nitrogen and oxygen atoms in total. The Balaban J connectivity index is 2.33. The van der Waals surface area contributed by atoms with E-state index >= 15 is 0 Å². The number of aryl methyl sites for hydroxylation is 2. The lowest BCUT2D eigenvalue weighted by molar-refractivity contribution is -0.274. The van der Waals surface area contributed by atoms with Gasteiger partial charge in [-0.1, -0.05) is 12.1 Å². The predicted molar refractivity (Wildman–Crippen MR) is 69.7 cm³/mol. The molecule has 2 rings (SSSR count). The largest absolute Gasteiger partial charge is 0.573 e. The fraction of sp³-hybridized carbons (Fsp3) is 0.200. The summed E-state index contributed by atoms with van der Waals surface area (Å²) in [5.41, 5.74) is 3.18. The van der Waals surface area contributed by atoms with Crippen LogP contribution in [0.5, 0.6) is 11.5 Å². The first-order valence-corrected chi connectivity index (χ1v) is 5.92. The number of phenols is 1. The Kier molecular flexibility index (Phi) is 3.61. The maximum absolute atomic E-state index is 12.1. The normalized spacial score (nSPS) is 11.4. The lowest BCUT2D eigenvalue weighted by Crippen LogP contribution is -2.16. The van der Waals surface area contributed by atoms with E-state index in [0.717, 1.165) is 16.7 Å². The minimum atomic E-state index is -4.69. The number of hydrogen-bond donors (Lipinski definition) is 1. The molecule has 20 heavy (non-hydrogen) atoms. The van der Waals surface area contributed by atoms with Gasteiger partial charge in [0.25, 0.3) is 0 Å². The summed E-state index contributed by atoms with van der Waals surface area (Å²) in [6, 6.07) is 9.07. The molecule has 0 saturated heterocycles. The molecular weight excluding hydrogens is 269 g/mol. The topological polar surface area (TPSA) is 29.5 Å². The van der Waals surface area contributed by atoms with Crippen molar-refractivity contribution in [3.05, 3.63) is 47.5 Å². The molecule has 0 aliphatic heterocycles. The molecule has 0 fully saturated rings. The van der Waals surface area contributed by atoms with Crippen LogP contribution in [0.2, 0.25) is 0 Å². The van der Waals surface area contributed by atoms with Gasteiger partial charge in [-0.05, 0) is 60.4 Å². The van der Waals surface area contributed by atoms with E-state index in [4.69, 9.17) is 0 Å². The Bertz CT molecular complexity index is 616. The van der Waals surface area contributed by atoms with Crippen LogP contribution in [0.1, 0.15) is 11.1 Å². The second-order valence-corrected chi connectivity index (χ2v) is 4.53. The Hall–Kier alpha value is -2.17. The summed E-state index contributed by atoms with van der Waals surface area (Å²) in [6.07, 6.45) is -4.69. The van der Waals surface area contributed by atoms with Crippen LogP contribution in [-0.4, -0.2) is 11.5 Å². The van der Waals surface area contributed by atoms with Crippen molar-refractivity contribution >= 4 is 0 Å². The summed E-state index contributed by atoms with van der Waals surface area (Å²) in [4.78, 5) is 0. The van der Waals surface area contributed by atoms with Crippen molar-refractivity contribution in [3.8, 4) is 22.6 Å². The molecule has 1 N–H and O–H groups in total. The first-order chi connectivity index (χ1) is 9.26. The highest BCUT2D eigenvalue weighted by Gasteiger charge is 2.30. The lowest BCUT2D eigenvalue weighted by atomic mass is 9.98. The fourth-order valence-electron chi connectivity index (χ4n) is 1.95. The molecule has 0 aliphatic carbocycles. The van der Waals surface area contributed by atoms with Crippen LogP contribution in [0.4, 0.5) is 13.2 Å². The lowest BCUT2D eigenvalue weighted by Gasteiger charge is -2.11. The van der Waals surface area contributed by atoms with Crippen LogP contribution in [-0.2, 0) is 0 Å². The van der Waals surface area contributed by atoms with Crippen molar-refractivity contribution in [2.75, 3.05) is 0 Å². The average molecular weight is 282 g/mol. The Morgan fingerprint density at radius 1 is 0.950 bits per heavy atom. The zero-order valence-electron chi connectivity index (χ0n) is 11.0. The zero-order valence-corrected chi connectivity index (χ0v) is 11.0. The van der Waals surface area contributed by atoms with Gasteiger partial charge in [0, 0.05) is 0 Å². The summed E-state index contributed by atoms with van der Waals surface area (Å²) in [7, 11) is 0. The van der Waals surface area contributed by atoms with Crippen LogP contribution in [0.15, 0.2) is 36.4 Å². The monoisotopic (exact) mass is 282 g/mol. The highest BCUT2D eigenvalue weighted by molar-refractivity contribution is 5.70. The third-order valence-corrected chi connectivity index (χ3v) is 2.94. The molecule has 0 atom stereocenters. The molecule has 0 aliphatic rings. The number of aromatic hydroxyl groups is 1. The Morgan fingerprint density at radius 3 is 2.10 bits per heavy atom. The molecule has 0 bridgehead atoms. The second-order valence-electron chi connectivity index (χ2n) is 4.53. The fourth-order valence-corrected chi connectivity index (χ4v) is 1.95. The maximum atomic E-state index is 12.1. The van der Waals surface area contributed by atoms with E-state index < -0.39 is 6.36 Å². The molecule has 5 heteroatoms. The molecule has 0 amide bonds. The Labute approximate surface area is 114 Å². The van der Waals surface area contributed by atoms with Crippen molar-refractivity contribution in [2.45, 2.75) is 20.2 Å². The quantitative estimate of drug-likeness (QED) is 0.874. The van der Waals surface area contributed by atoms with Gasteiger partial charge < -0.3 is 9.84 Å². The van der Waals surface area contributed by atoms with Gasteiger partial charge in [0.15, 0.2) is 0 Å². The van der Waals surface area contributed by atoms with E-state index in [9.17, 15) is 18.3 Å². The van der Waals surface area contributed by atoms with E-state index in [1.165, 1.54) is 12.1 Å². The average Bonchev–Trinajstić information content (AvgIpc) is 2.33. The number of alkyl halides is 3. The van der Waals surface area contributed by atoms with Crippen LogP contribution in [0, 0.1) is 13.8 Å². The van der Waals surface area contributed by atoms with Crippen molar-refractivity contribution in [3.63, 3.8) is 0 Å². The van der Waals surface area contributed by atoms with Crippen LogP contribution >= 0.6 is 0 Å². The van der Waals surface area contributed by atoms with Gasteiger partial charge in [0.05, 0.1) is 0 Å². The maximum Gasteiger partial charge on any atom is 0.573 e. The number of rotatable bonds is 2. The van der Waals surface area contributed by atoms with E-state index in [1.54, 1.807) is 31.2 Å². The van der Waals surface area contributed by atoms with Crippen molar-refractivity contribution < 1.29 is 23.0 Å². The van der Waals surface area contributed by atoms with Crippen molar-refractivity contribution in [1.82, 2.24) is 0 Å². The molecule has 2 aromatic carbocycles. The van der Waals surface area contributed by atoms with Gasteiger partial charge in [0.1, 0.15) is 11.5 Å². The molecule has 0 radical (unpaired) electrons. The van der Waals surface area contributed by atoms with Gasteiger partial charge in [-0.15, -0.1) is 13.2 Å². The van der Waals surface area contributed by atoms with E-state index in [0.29, 0.717) is 5.56 Å². The highest BCUT2D eigenvalue weighted by Crippen LogP contribution is 2.31. The summed E-state index contributed by atoms with van der Waals surface area (Å²) in [5.74, 6) is -0.0577. The SMILES string of the molecule is Cc1cc(-c2ccc(OC(F)(F)F)cc2)c(C)cc1O. The number of ether oxygens (including phenoxy) is 1. The van der Waals surface area contributed by atoms with Gasteiger partial charge in [-0.25, -0.2) is 0 Å². The Morgan fingerprint density at radius 2 is 1.55 bits per heavy atom. The third-order valence-electron chi connectivity index (χ3n) is 2.94. The molecule has 0 spiro atoms. The third kappa shape index (κ3) is 3.23. The molecule has 0 heterocycles. The molecule has 0 saturated carbocycles. The second kappa shape index (κ2) is 5.07. The van der Waals surface area contributed by atoms with E-state index in [2.05, 4.69) is 4.74 Å². The summed E-state index contributed by atoms with van der Waals surface area (Å²) < 4.78 is 40.1. The van der Waals surface area contributed by atoms with Crippen LogP contribution in [0.3, 0.4) is 0 Å². The number of hydrogen-bond acceptors (Lipinski definition) is 2.